The molecular formula is C45H48ClF2N5O4. The number of carbonyl (C=O) groups is 2. The Balaban J connectivity index is 0.783. The van der Waals surface area contributed by atoms with Gasteiger partial charge in [-0.25, -0.2) is 13.7 Å². The van der Waals surface area contributed by atoms with Gasteiger partial charge in [0.1, 0.15) is 11.5 Å². The highest BCUT2D eigenvalue weighted by atomic mass is 35.5. The number of fused-ring (bicyclic) bond motifs is 7. The zero-order valence-corrected chi connectivity index (χ0v) is 33.0. The molecule has 10 rings (SSSR count). The van der Waals surface area contributed by atoms with Crippen LogP contribution >= 0.6 is 11.6 Å². The van der Waals surface area contributed by atoms with E-state index in [2.05, 4.69) is 27.7 Å². The number of ether oxygens (including phenoxy) is 1. The average molecular weight is 796 g/mol. The van der Waals surface area contributed by atoms with Gasteiger partial charge in [0.05, 0.1) is 39.2 Å². The monoisotopic (exact) mass is 795 g/mol. The van der Waals surface area contributed by atoms with Crippen LogP contribution in [0.25, 0.3) is 16.6 Å². The van der Waals surface area contributed by atoms with Crippen molar-refractivity contribution in [1.82, 2.24) is 14.5 Å². The maximum absolute atomic E-state index is 15.3. The van der Waals surface area contributed by atoms with E-state index in [9.17, 15) is 14.4 Å². The van der Waals surface area contributed by atoms with Gasteiger partial charge in [-0.3, -0.25) is 19.0 Å². The number of hydrogen-bond acceptors (Lipinski definition) is 7. The fourth-order valence-electron chi connectivity index (χ4n) is 11.3. The number of anilines is 2. The Hall–Kier alpha value is -4.19. The smallest absolute Gasteiger partial charge is 0.282 e. The number of carbonyl (C=O) groups excluding carboxylic acids is 2. The van der Waals surface area contributed by atoms with Crippen molar-refractivity contribution >= 4 is 45.7 Å². The molecule has 0 N–H and O–H groups in total. The minimum atomic E-state index is -0.890. The maximum atomic E-state index is 15.3. The maximum Gasteiger partial charge on any atom is 0.282 e. The van der Waals surface area contributed by atoms with E-state index in [1.807, 2.05) is 17.0 Å². The Morgan fingerprint density at radius 1 is 0.842 bits per heavy atom. The molecule has 1 aromatic heterocycles. The number of benzene rings is 3. The predicted molar refractivity (Wildman–Crippen MR) is 216 cm³/mol. The van der Waals surface area contributed by atoms with Crippen LogP contribution in [0.5, 0.6) is 0 Å². The topological polar surface area (TPSA) is 88.0 Å². The van der Waals surface area contributed by atoms with Crippen LogP contribution in [-0.4, -0.2) is 71.2 Å². The largest absolute Gasteiger partial charge is 0.375 e. The van der Waals surface area contributed by atoms with Crippen LogP contribution in [0.2, 0.25) is 5.02 Å². The first-order valence-corrected chi connectivity index (χ1v) is 21.3. The summed E-state index contributed by atoms with van der Waals surface area (Å²) in [5, 5.41) is 0.939. The van der Waals surface area contributed by atoms with Crippen LogP contribution < -0.4 is 15.4 Å². The summed E-state index contributed by atoms with van der Waals surface area (Å²) >= 11 is 6.60. The van der Waals surface area contributed by atoms with Crippen LogP contribution in [0.1, 0.15) is 106 Å². The second kappa shape index (κ2) is 14.3. The Kier molecular flexibility index (Phi) is 9.29. The number of piperidine rings is 3. The molecule has 4 aromatic rings. The molecule has 6 aliphatic rings. The van der Waals surface area contributed by atoms with Gasteiger partial charge in [-0.1, -0.05) is 49.1 Å². The summed E-state index contributed by atoms with van der Waals surface area (Å²) < 4.78 is 39.3. The summed E-state index contributed by atoms with van der Waals surface area (Å²) in [5.41, 5.74) is 3.80. The molecule has 2 amide bonds. The summed E-state index contributed by atoms with van der Waals surface area (Å²) in [4.78, 5) is 48.1. The van der Waals surface area contributed by atoms with Crippen molar-refractivity contribution < 1.29 is 23.1 Å². The minimum absolute atomic E-state index is 0.101. The fourth-order valence-corrected chi connectivity index (χ4v) is 11.5. The molecule has 0 radical (unpaired) electrons. The third kappa shape index (κ3) is 6.22. The van der Waals surface area contributed by atoms with Gasteiger partial charge < -0.3 is 14.5 Å². The second-order valence-electron chi connectivity index (χ2n) is 17.5. The van der Waals surface area contributed by atoms with Gasteiger partial charge in [-0.2, -0.15) is 4.98 Å². The molecule has 5 aliphatic heterocycles. The highest BCUT2D eigenvalue weighted by molar-refractivity contribution is 6.35. The summed E-state index contributed by atoms with van der Waals surface area (Å²) in [6.45, 7) is 4.98. The van der Waals surface area contributed by atoms with Crippen LogP contribution in [0.3, 0.4) is 0 Å². The molecule has 6 heterocycles. The van der Waals surface area contributed by atoms with Crippen molar-refractivity contribution in [2.24, 2.45) is 5.92 Å². The molecule has 12 heteroatoms. The Morgan fingerprint density at radius 2 is 1.56 bits per heavy atom. The van der Waals surface area contributed by atoms with Crippen molar-refractivity contribution in [3.05, 3.63) is 92.5 Å². The van der Waals surface area contributed by atoms with Gasteiger partial charge in [0.2, 0.25) is 11.8 Å². The quantitative estimate of drug-likeness (QED) is 0.189. The Bertz CT molecular complexity index is 2310. The van der Waals surface area contributed by atoms with Crippen LogP contribution in [0.15, 0.2) is 53.3 Å². The average Bonchev–Trinajstić information content (AvgIpc) is 3.71. The van der Waals surface area contributed by atoms with E-state index in [0.29, 0.717) is 52.3 Å². The number of hydrogen-bond donors (Lipinski definition) is 0. The zero-order valence-electron chi connectivity index (χ0n) is 32.2. The highest BCUT2D eigenvalue weighted by Gasteiger charge is 2.47. The number of rotatable bonds is 5. The molecule has 0 bridgehead atoms. The molecule has 3 aromatic carbocycles. The van der Waals surface area contributed by atoms with Crippen LogP contribution in [-0.2, 0) is 19.7 Å². The number of nitrogens with zero attached hydrogens (tertiary/aromatic N) is 5. The van der Waals surface area contributed by atoms with Crippen LogP contribution in [0.4, 0.5) is 20.2 Å². The van der Waals surface area contributed by atoms with E-state index in [4.69, 9.17) is 21.3 Å². The Labute approximate surface area is 335 Å². The highest BCUT2D eigenvalue weighted by Crippen LogP contribution is 2.52. The first-order valence-electron chi connectivity index (χ1n) is 21.0. The standard InChI is InChI=1S/C45H48ClF2N5O4/c46-33-6-4-7-36-40(33)42(56)49-43-45(14-2-1-3-15-45)32-11-10-30(22-37(32)52(36)43)29-12-18-50(19-13-29)26-28-25-44(57-27-28)16-20-51(21-17-44)31-23-34(47)41(35(48)24-31)53-38(54)8-5-9-39(53)55/h4,6-7,10-11,22-24,28-29H,1-3,5,8-9,12-21,25-27H2. The van der Waals surface area contributed by atoms with Crippen molar-refractivity contribution in [2.75, 3.05) is 49.1 Å². The van der Waals surface area contributed by atoms with E-state index < -0.39 is 29.1 Å². The number of halogens is 3. The number of aromatic nitrogens is 2. The van der Waals surface area contributed by atoms with Crippen LogP contribution in [0, 0.1) is 17.6 Å². The van der Waals surface area contributed by atoms with Gasteiger partial charge in [0.25, 0.3) is 5.56 Å². The molecule has 1 saturated carbocycles. The molecule has 1 atom stereocenters. The lowest BCUT2D eigenvalue weighted by Crippen LogP contribution is -2.45. The van der Waals surface area contributed by atoms with Gasteiger partial charge in [0, 0.05) is 38.2 Å². The van der Waals surface area contributed by atoms with Gasteiger partial charge in [-0.05, 0) is 118 Å². The molecule has 4 saturated heterocycles. The third-order valence-corrected chi connectivity index (χ3v) is 14.5. The molecule has 2 spiro atoms. The van der Waals surface area contributed by atoms with Crippen molar-refractivity contribution in [2.45, 2.75) is 100 Å². The molecule has 1 aliphatic carbocycles. The minimum Gasteiger partial charge on any atom is -0.375 e. The van der Waals surface area contributed by atoms with Gasteiger partial charge in [-0.15, -0.1) is 0 Å². The van der Waals surface area contributed by atoms with E-state index >= 15 is 8.78 Å². The number of amides is 2. The van der Waals surface area contributed by atoms with Gasteiger partial charge in [0.15, 0.2) is 11.6 Å². The number of likely N-dealkylation sites (tertiary alicyclic amines) is 1. The third-order valence-electron chi connectivity index (χ3n) is 14.2. The van der Waals surface area contributed by atoms with Gasteiger partial charge >= 0.3 is 0 Å². The van der Waals surface area contributed by atoms with E-state index in [0.717, 1.165) is 101 Å². The first-order chi connectivity index (χ1) is 27.6. The number of imide groups is 1. The first kappa shape index (κ1) is 37.1. The molecular weight excluding hydrogens is 748 g/mol. The summed E-state index contributed by atoms with van der Waals surface area (Å²) in [6.07, 6.45) is 10.7. The lowest BCUT2D eigenvalue weighted by molar-refractivity contribution is -0.129. The fraction of sp³-hybridized carbons (Fsp3) is 0.511. The summed E-state index contributed by atoms with van der Waals surface area (Å²) in [5.74, 6) is -1.15. The van der Waals surface area contributed by atoms with Crippen molar-refractivity contribution in [3.63, 3.8) is 0 Å². The SMILES string of the molecule is O=C1CCCC(=O)N1c1c(F)cc(N2CCC3(CC2)CC(CN2CCC(c4ccc5c(c4)-n4c(nc(=O)c6c(Cl)cccc64)C54CCCCC4)CC2)CO3)cc1F. The van der Waals surface area contributed by atoms with E-state index in [1.54, 1.807) is 6.07 Å². The van der Waals surface area contributed by atoms with E-state index in [-0.39, 0.29) is 29.4 Å². The lowest BCUT2D eigenvalue weighted by atomic mass is 9.69. The Morgan fingerprint density at radius 3 is 2.28 bits per heavy atom. The molecule has 9 nitrogen and oxygen atoms in total. The molecule has 57 heavy (non-hydrogen) atoms. The second-order valence-corrected chi connectivity index (χ2v) is 17.9. The molecule has 5 fully saturated rings. The predicted octanol–water partition coefficient (Wildman–Crippen LogP) is 8.18. The van der Waals surface area contributed by atoms with Crippen molar-refractivity contribution in [3.8, 4) is 5.69 Å². The molecule has 1 unspecified atom stereocenters. The van der Waals surface area contributed by atoms with Crippen molar-refractivity contribution in [1.29, 1.82) is 0 Å². The molecule has 298 valence electrons. The lowest BCUT2D eigenvalue weighted by Gasteiger charge is -2.40. The zero-order chi connectivity index (χ0) is 39.1. The summed E-state index contributed by atoms with van der Waals surface area (Å²) in [6, 6.07) is 15.3. The van der Waals surface area contributed by atoms with E-state index in [1.165, 1.54) is 29.7 Å². The summed E-state index contributed by atoms with van der Waals surface area (Å²) in [7, 11) is 0. The normalized spacial score (nSPS) is 23.5.